The average Bonchev–Trinajstić information content (AvgIpc) is 2.17. The van der Waals surface area contributed by atoms with Gasteiger partial charge in [-0.25, -0.2) is 0 Å². The fourth-order valence-electron chi connectivity index (χ4n) is 1.25. The quantitative estimate of drug-likeness (QED) is 0.847. The van der Waals surface area contributed by atoms with Crippen molar-refractivity contribution in [2.45, 2.75) is 25.8 Å². The number of aromatic nitrogens is 1. The lowest BCUT2D eigenvalue weighted by atomic mass is 10.0. The monoisotopic (exact) mass is 332 g/mol. The van der Waals surface area contributed by atoms with Gasteiger partial charge in [0, 0.05) is 15.1 Å². The molecule has 1 aromatic heterocycles. The maximum absolute atomic E-state index is 6.05. The van der Waals surface area contributed by atoms with Crippen LogP contribution in [0.2, 0.25) is 0 Å². The Hall–Kier alpha value is -0.190. The molecule has 1 rings (SSSR count). The molecule has 0 saturated heterocycles. The van der Waals surface area contributed by atoms with Crippen molar-refractivity contribution in [1.29, 1.82) is 0 Å². The summed E-state index contributed by atoms with van der Waals surface area (Å²) in [5.41, 5.74) is 8.09. The Balaban J connectivity index is 2.82. The van der Waals surface area contributed by atoms with Crippen LogP contribution in [0.5, 0.6) is 0 Å². The van der Waals surface area contributed by atoms with Crippen LogP contribution >= 0.6 is 31.9 Å². The van der Waals surface area contributed by atoms with Crippen molar-refractivity contribution in [3.05, 3.63) is 39.1 Å². The molecule has 0 bridgehead atoms. The molecule has 82 valence electrons. The molecule has 0 spiro atoms. The lowest BCUT2D eigenvalue weighted by Gasteiger charge is -2.13. The molecule has 1 atom stereocenters. The Morgan fingerprint density at radius 1 is 1.60 bits per heavy atom. The van der Waals surface area contributed by atoms with E-state index in [9.17, 15) is 0 Å². The summed E-state index contributed by atoms with van der Waals surface area (Å²) < 4.78 is 1.88. The van der Waals surface area contributed by atoms with Crippen molar-refractivity contribution < 1.29 is 0 Å². The first kappa shape index (κ1) is 12.9. The van der Waals surface area contributed by atoms with Crippen LogP contribution in [0.3, 0.4) is 0 Å². The predicted octanol–water partition coefficient (Wildman–Crippen LogP) is 3.96. The highest BCUT2D eigenvalue weighted by molar-refractivity contribution is 9.11. The van der Waals surface area contributed by atoms with Crippen molar-refractivity contribution >= 4 is 31.9 Å². The summed E-state index contributed by atoms with van der Waals surface area (Å²) in [7, 11) is 0. The molecule has 1 unspecified atom stereocenters. The Labute approximate surface area is 107 Å². The number of hydrogen-bond acceptors (Lipinski definition) is 2. The summed E-state index contributed by atoms with van der Waals surface area (Å²) in [6, 6.07) is 1.87. The second-order valence-electron chi connectivity index (χ2n) is 3.43. The molecule has 1 heterocycles. The van der Waals surface area contributed by atoms with Crippen LogP contribution in [0.1, 0.15) is 31.5 Å². The first-order chi connectivity index (χ1) is 7.04. The van der Waals surface area contributed by atoms with Crippen LogP contribution in [-0.4, -0.2) is 4.98 Å². The highest BCUT2D eigenvalue weighted by Crippen LogP contribution is 2.26. The summed E-state index contributed by atoms with van der Waals surface area (Å²) in [6.07, 6.45) is 3.50. The highest BCUT2D eigenvalue weighted by atomic mass is 79.9. The zero-order chi connectivity index (χ0) is 11.4. The van der Waals surface area contributed by atoms with Crippen molar-refractivity contribution in [2.75, 3.05) is 0 Å². The summed E-state index contributed by atoms with van der Waals surface area (Å²) in [4.78, 5) is 4.31. The third-order valence-corrected chi connectivity index (χ3v) is 3.26. The maximum Gasteiger partial charge on any atom is 0.0716 e. The summed E-state index contributed by atoms with van der Waals surface area (Å²) >= 11 is 6.82. The second kappa shape index (κ2) is 5.77. The molecule has 2 nitrogen and oxygen atoms in total. The normalized spacial score (nSPS) is 12.5. The molecular formula is C11H14Br2N2. The number of hydrogen-bond donors (Lipinski definition) is 1. The van der Waals surface area contributed by atoms with E-state index < -0.39 is 0 Å². The molecule has 4 heteroatoms. The lowest BCUT2D eigenvalue weighted by Crippen LogP contribution is -2.13. The Morgan fingerprint density at radius 2 is 2.27 bits per heavy atom. The smallest absolute Gasteiger partial charge is 0.0716 e. The topological polar surface area (TPSA) is 38.9 Å². The standard InChI is InChI=1S/C11H14Br2N2/c1-3-7(2)4-10(14)11-9(13)5-8(12)6-15-11/h5-6,10H,2-4,14H2,1H3. The SMILES string of the molecule is C=C(CC)CC(N)c1ncc(Br)cc1Br. The molecule has 15 heavy (non-hydrogen) atoms. The van der Waals surface area contributed by atoms with Crippen LogP contribution < -0.4 is 5.73 Å². The number of nitrogens with zero attached hydrogens (tertiary/aromatic N) is 1. The van der Waals surface area contributed by atoms with Crippen molar-refractivity contribution in [3.8, 4) is 0 Å². The van der Waals surface area contributed by atoms with Gasteiger partial charge in [0.2, 0.25) is 0 Å². The van der Waals surface area contributed by atoms with E-state index in [1.807, 2.05) is 6.07 Å². The lowest BCUT2D eigenvalue weighted by molar-refractivity contribution is 0.675. The Bertz CT molecular complexity index is 364. The van der Waals surface area contributed by atoms with Crippen molar-refractivity contribution in [2.24, 2.45) is 5.73 Å². The van der Waals surface area contributed by atoms with E-state index in [4.69, 9.17) is 5.73 Å². The Kier molecular flexibility index (Phi) is 4.96. The minimum absolute atomic E-state index is 0.0834. The van der Waals surface area contributed by atoms with E-state index >= 15 is 0 Å². The van der Waals surface area contributed by atoms with Crippen molar-refractivity contribution in [1.82, 2.24) is 4.98 Å². The molecule has 0 aliphatic rings. The first-order valence-electron chi connectivity index (χ1n) is 4.77. The first-order valence-corrected chi connectivity index (χ1v) is 6.36. The summed E-state index contributed by atoms with van der Waals surface area (Å²) in [5, 5.41) is 0. The van der Waals surface area contributed by atoms with Crippen LogP contribution in [-0.2, 0) is 0 Å². The third kappa shape index (κ3) is 3.70. The average molecular weight is 334 g/mol. The molecule has 0 aliphatic carbocycles. The number of nitrogens with two attached hydrogens (primary N) is 1. The van der Waals surface area contributed by atoms with Gasteiger partial charge in [-0.15, -0.1) is 0 Å². The second-order valence-corrected chi connectivity index (χ2v) is 5.20. The predicted molar refractivity (Wildman–Crippen MR) is 70.6 cm³/mol. The molecule has 0 aromatic carbocycles. The molecule has 2 N–H and O–H groups in total. The van der Waals surface area contributed by atoms with Gasteiger partial charge in [0.05, 0.1) is 11.7 Å². The van der Waals surface area contributed by atoms with Gasteiger partial charge in [-0.3, -0.25) is 4.98 Å². The molecule has 1 aromatic rings. The highest BCUT2D eigenvalue weighted by Gasteiger charge is 2.12. The maximum atomic E-state index is 6.05. The zero-order valence-corrected chi connectivity index (χ0v) is 11.8. The largest absolute Gasteiger partial charge is 0.322 e. The molecular weight excluding hydrogens is 320 g/mol. The zero-order valence-electron chi connectivity index (χ0n) is 8.63. The minimum Gasteiger partial charge on any atom is -0.322 e. The van der Waals surface area contributed by atoms with Crippen LogP contribution in [0.25, 0.3) is 0 Å². The molecule has 0 aliphatic heterocycles. The van der Waals surface area contributed by atoms with E-state index in [0.29, 0.717) is 0 Å². The van der Waals surface area contributed by atoms with E-state index in [1.54, 1.807) is 6.20 Å². The molecule has 0 radical (unpaired) electrons. The van der Waals surface area contributed by atoms with Gasteiger partial charge in [0.25, 0.3) is 0 Å². The van der Waals surface area contributed by atoms with Gasteiger partial charge in [0.15, 0.2) is 0 Å². The van der Waals surface area contributed by atoms with Gasteiger partial charge >= 0.3 is 0 Å². The Morgan fingerprint density at radius 3 is 2.80 bits per heavy atom. The number of halogens is 2. The molecule has 0 saturated carbocycles. The van der Waals surface area contributed by atoms with Crippen LogP contribution in [0, 0.1) is 0 Å². The van der Waals surface area contributed by atoms with Gasteiger partial charge < -0.3 is 5.73 Å². The summed E-state index contributed by atoms with van der Waals surface area (Å²) in [6.45, 7) is 6.04. The number of pyridine rings is 1. The van der Waals surface area contributed by atoms with E-state index in [0.717, 1.165) is 33.1 Å². The van der Waals surface area contributed by atoms with Crippen LogP contribution in [0.15, 0.2) is 33.4 Å². The van der Waals surface area contributed by atoms with E-state index in [1.165, 1.54) is 0 Å². The summed E-state index contributed by atoms with van der Waals surface area (Å²) in [5.74, 6) is 0. The third-order valence-electron chi connectivity index (χ3n) is 2.20. The van der Waals surface area contributed by atoms with E-state index in [2.05, 4.69) is 50.3 Å². The van der Waals surface area contributed by atoms with Crippen molar-refractivity contribution in [3.63, 3.8) is 0 Å². The molecule has 0 amide bonds. The fourth-order valence-corrected chi connectivity index (χ4v) is 2.53. The van der Waals surface area contributed by atoms with Crippen LogP contribution in [0.4, 0.5) is 0 Å². The van der Waals surface area contributed by atoms with Gasteiger partial charge in [0.1, 0.15) is 0 Å². The number of rotatable bonds is 4. The minimum atomic E-state index is -0.0834. The van der Waals surface area contributed by atoms with Gasteiger partial charge in [-0.2, -0.15) is 0 Å². The van der Waals surface area contributed by atoms with E-state index in [-0.39, 0.29) is 6.04 Å². The van der Waals surface area contributed by atoms with Gasteiger partial charge in [-0.05, 0) is 50.8 Å². The molecule has 0 fully saturated rings. The fraction of sp³-hybridized carbons (Fsp3) is 0.364. The van der Waals surface area contributed by atoms with Gasteiger partial charge in [-0.1, -0.05) is 19.1 Å².